The van der Waals surface area contributed by atoms with Crippen molar-refractivity contribution in [2.24, 2.45) is 5.92 Å². The Morgan fingerprint density at radius 3 is 2.34 bits per heavy atom. The fourth-order valence-corrected chi connectivity index (χ4v) is 4.24. The zero-order valence-corrected chi connectivity index (χ0v) is 19.5. The summed E-state index contributed by atoms with van der Waals surface area (Å²) in [5, 5.41) is 17.0. The molecular weight excluding hydrogens is 438 g/mol. The Morgan fingerprint density at radius 1 is 1.19 bits per heavy atom. The van der Waals surface area contributed by atoms with Crippen molar-refractivity contribution in [2.45, 2.75) is 31.6 Å². The second kappa shape index (κ2) is 11.1. The molecule has 1 saturated heterocycles. The van der Waals surface area contributed by atoms with E-state index in [1.54, 1.807) is 9.80 Å². The summed E-state index contributed by atoms with van der Waals surface area (Å²) in [6, 6.07) is 3.67. The van der Waals surface area contributed by atoms with Crippen molar-refractivity contribution in [2.75, 3.05) is 50.8 Å². The van der Waals surface area contributed by atoms with Crippen LogP contribution in [0.5, 0.6) is 0 Å². The third kappa shape index (κ3) is 6.55. The molecule has 2 rings (SSSR count). The van der Waals surface area contributed by atoms with Crippen molar-refractivity contribution < 1.29 is 22.9 Å². The van der Waals surface area contributed by atoms with E-state index in [9.17, 15) is 28.1 Å². The molecule has 0 atom stereocenters. The Hall–Kier alpha value is -2.89. The molecule has 11 nitrogen and oxygen atoms in total. The Morgan fingerprint density at radius 2 is 1.81 bits per heavy atom. The molecule has 0 bridgehead atoms. The highest BCUT2D eigenvalue weighted by Gasteiger charge is 2.28. The van der Waals surface area contributed by atoms with Crippen molar-refractivity contribution in [1.29, 1.82) is 0 Å². The first-order valence-electron chi connectivity index (χ1n) is 10.6. The number of piperidine rings is 1. The lowest BCUT2D eigenvalue weighted by molar-refractivity contribution is -0.384. The first-order valence-corrected chi connectivity index (χ1v) is 12.5. The van der Waals surface area contributed by atoms with Crippen LogP contribution in [0.3, 0.4) is 0 Å². The summed E-state index contributed by atoms with van der Waals surface area (Å²) in [5.41, 5.74) is -0.163. The highest BCUT2D eigenvalue weighted by Crippen LogP contribution is 2.27. The summed E-state index contributed by atoms with van der Waals surface area (Å²) < 4.78 is 23.2. The molecule has 0 aliphatic carbocycles. The van der Waals surface area contributed by atoms with E-state index in [1.807, 2.05) is 13.8 Å². The van der Waals surface area contributed by atoms with Gasteiger partial charge in [-0.25, -0.2) is 13.2 Å². The maximum atomic E-state index is 12.4. The number of carbonyl (C=O) groups is 2. The molecule has 1 aliphatic heterocycles. The van der Waals surface area contributed by atoms with Crippen molar-refractivity contribution in [3.05, 3.63) is 28.3 Å². The van der Waals surface area contributed by atoms with E-state index < -0.39 is 14.8 Å². The number of nitrogens with one attached hydrogen (secondary N) is 2. The number of benzene rings is 1. The number of carbonyl (C=O) groups excluding carboxylic acids is 2. The zero-order valence-electron chi connectivity index (χ0n) is 18.7. The van der Waals surface area contributed by atoms with Gasteiger partial charge in [-0.2, -0.15) is 0 Å². The molecule has 0 saturated carbocycles. The minimum Gasteiger partial charge on any atom is -0.378 e. The van der Waals surface area contributed by atoms with Gasteiger partial charge in [0.2, 0.25) is 5.91 Å². The van der Waals surface area contributed by atoms with Gasteiger partial charge in [0.25, 0.3) is 5.69 Å². The van der Waals surface area contributed by atoms with E-state index in [0.29, 0.717) is 39.0 Å². The number of rotatable bonds is 9. The highest BCUT2D eigenvalue weighted by atomic mass is 32.2. The van der Waals surface area contributed by atoms with Crippen LogP contribution in [0.15, 0.2) is 23.1 Å². The number of urea groups is 1. The lowest BCUT2D eigenvalue weighted by Gasteiger charge is -2.34. The second-order valence-corrected chi connectivity index (χ2v) is 9.66. The molecule has 178 valence electrons. The highest BCUT2D eigenvalue weighted by molar-refractivity contribution is 7.90. The summed E-state index contributed by atoms with van der Waals surface area (Å²) in [4.78, 5) is 38.9. The number of nitro groups is 1. The summed E-state index contributed by atoms with van der Waals surface area (Å²) >= 11 is 0. The van der Waals surface area contributed by atoms with Gasteiger partial charge < -0.3 is 20.4 Å². The number of nitro benzene ring substituents is 1. The molecule has 0 radical (unpaired) electrons. The van der Waals surface area contributed by atoms with Gasteiger partial charge in [-0.1, -0.05) is 0 Å². The van der Waals surface area contributed by atoms with E-state index >= 15 is 0 Å². The van der Waals surface area contributed by atoms with Crippen LogP contribution in [-0.2, 0) is 14.6 Å². The van der Waals surface area contributed by atoms with E-state index in [2.05, 4.69) is 10.6 Å². The van der Waals surface area contributed by atoms with Crippen LogP contribution in [0.2, 0.25) is 0 Å². The number of anilines is 1. The summed E-state index contributed by atoms with van der Waals surface area (Å²) in [6.07, 6.45) is 2.16. The van der Waals surface area contributed by atoms with Crippen LogP contribution in [0.25, 0.3) is 0 Å². The average Bonchev–Trinajstić information content (AvgIpc) is 2.76. The molecule has 1 heterocycles. The molecule has 1 aromatic carbocycles. The van der Waals surface area contributed by atoms with Crippen LogP contribution in [0, 0.1) is 16.0 Å². The molecule has 1 aromatic rings. The Bertz CT molecular complexity index is 940. The number of likely N-dealkylation sites (tertiary alicyclic amines) is 1. The summed E-state index contributed by atoms with van der Waals surface area (Å²) in [7, 11) is -3.56. The van der Waals surface area contributed by atoms with Crippen LogP contribution in [0.4, 0.5) is 16.2 Å². The average molecular weight is 470 g/mol. The molecule has 0 spiro atoms. The number of hydrogen-bond donors (Lipinski definition) is 2. The number of sulfone groups is 1. The topological polar surface area (TPSA) is 142 Å². The molecule has 0 aromatic heterocycles. The van der Waals surface area contributed by atoms with E-state index in [-0.39, 0.29) is 47.2 Å². The predicted molar refractivity (Wildman–Crippen MR) is 120 cm³/mol. The molecular formula is C20H31N5O6S. The monoisotopic (exact) mass is 469 g/mol. The minimum absolute atomic E-state index is 0.00143. The van der Waals surface area contributed by atoms with Gasteiger partial charge in [-0.05, 0) is 38.8 Å². The van der Waals surface area contributed by atoms with E-state index in [0.717, 1.165) is 12.3 Å². The predicted octanol–water partition coefficient (Wildman–Crippen LogP) is 1.70. The number of hydrogen-bond acceptors (Lipinski definition) is 7. The van der Waals surface area contributed by atoms with Crippen molar-refractivity contribution >= 4 is 33.2 Å². The Kier molecular flexibility index (Phi) is 8.81. The number of amides is 3. The molecule has 12 heteroatoms. The Balaban J connectivity index is 1.82. The molecule has 2 N–H and O–H groups in total. The summed E-state index contributed by atoms with van der Waals surface area (Å²) in [5.74, 6) is -0.289. The maximum absolute atomic E-state index is 12.4. The fourth-order valence-electron chi connectivity index (χ4n) is 3.60. The lowest BCUT2D eigenvalue weighted by atomic mass is 9.96. The smallest absolute Gasteiger partial charge is 0.319 e. The first kappa shape index (κ1) is 25.4. The van der Waals surface area contributed by atoms with Crippen LogP contribution in [0.1, 0.15) is 26.7 Å². The van der Waals surface area contributed by atoms with Gasteiger partial charge in [0.1, 0.15) is 5.69 Å². The first-order chi connectivity index (χ1) is 15.1. The third-order valence-electron chi connectivity index (χ3n) is 5.50. The Labute approximate surface area is 188 Å². The molecule has 0 unspecified atom stereocenters. The van der Waals surface area contributed by atoms with Gasteiger partial charge in [0.05, 0.1) is 9.82 Å². The fraction of sp³-hybridized carbons (Fsp3) is 0.600. The SMILES string of the molecule is CCN(CC)C(=O)N1CCC(C(=O)NCCNc2ccc(S(C)(=O)=O)cc2[N+](=O)[O-])CC1. The number of nitrogens with zero attached hydrogens (tertiary/aromatic N) is 3. The molecule has 1 aliphatic rings. The van der Waals surface area contributed by atoms with Gasteiger partial charge in [0.15, 0.2) is 9.84 Å². The van der Waals surface area contributed by atoms with Gasteiger partial charge in [-0.15, -0.1) is 0 Å². The van der Waals surface area contributed by atoms with Gasteiger partial charge >= 0.3 is 6.03 Å². The zero-order chi connectivity index (χ0) is 23.9. The largest absolute Gasteiger partial charge is 0.378 e. The lowest BCUT2D eigenvalue weighted by Crippen LogP contribution is -2.48. The molecule has 3 amide bonds. The van der Waals surface area contributed by atoms with Crippen LogP contribution < -0.4 is 10.6 Å². The third-order valence-corrected chi connectivity index (χ3v) is 6.61. The summed E-state index contributed by atoms with van der Waals surface area (Å²) in [6.45, 7) is 6.73. The quantitative estimate of drug-likeness (QED) is 0.318. The van der Waals surface area contributed by atoms with Crippen molar-refractivity contribution in [3.63, 3.8) is 0 Å². The van der Waals surface area contributed by atoms with E-state index in [1.165, 1.54) is 12.1 Å². The standard InChI is InChI=1S/C20H31N5O6S/c1-4-23(5-2)20(27)24-12-8-15(9-13-24)19(26)22-11-10-21-17-7-6-16(32(3,30)31)14-18(17)25(28)29/h6-7,14-15,21H,4-5,8-13H2,1-3H3,(H,22,26). The normalized spacial score (nSPS) is 14.7. The maximum Gasteiger partial charge on any atom is 0.319 e. The van der Waals surface area contributed by atoms with Crippen LogP contribution >= 0.6 is 0 Å². The molecule has 32 heavy (non-hydrogen) atoms. The molecule has 1 fully saturated rings. The van der Waals surface area contributed by atoms with Gasteiger partial charge in [-0.3, -0.25) is 14.9 Å². The minimum atomic E-state index is -3.56. The van der Waals surface area contributed by atoms with E-state index in [4.69, 9.17) is 0 Å². The van der Waals surface area contributed by atoms with Crippen molar-refractivity contribution in [1.82, 2.24) is 15.1 Å². The van der Waals surface area contributed by atoms with Gasteiger partial charge in [0, 0.05) is 57.5 Å². The van der Waals surface area contributed by atoms with Crippen LogP contribution in [-0.4, -0.2) is 80.6 Å². The second-order valence-electron chi connectivity index (χ2n) is 7.64. The van der Waals surface area contributed by atoms with Crippen molar-refractivity contribution in [3.8, 4) is 0 Å².